The fourth-order valence-corrected chi connectivity index (χ4v) is 2.52. The smallest absolute Gasteiger partial charge is 0.227 e. The molecule has 3 nitrogen and oxygen atoms in total. The Labute approximate surface area is 116 Å². The highest BCUT2D eigenvalue weighted by atomic mass is 79.9. The summed E-state index contributed by atoms with van der Waals surface area (Å²) in [7, 11) is 0. The fraction of sp³-hybridized carbons (Fsp3) is 0.500. The van der Waals surface area contributed by atoms with Gasteiger partial charge >= 0.3 is 0 Å². The van der Waals surface area contributed by atoms with E-state index in [-0.39, 0.29) is 18.1 Å². The molecule has 4 heteroatoms. The number of ether oxygens (including phenoxy) is 1. The molecule has 1 aliphatic heterocycles. The van der Waals surface area contributed by atoms with Crippen molar-refractivity contribution in [1.82, 2.24) is 4.90 Å². The topological polar surface area (TPSA) is 29.5 Å². The number of benzene rings is 1. The molecule has 2 rings (SSSR count). The Kier molecular flexibility index (Phi) is 4.78. The molecule has 0 bridgehead atoms. The van der Waals surface area contributed by atoms with Gasteiger partial charge < -0.3 is 9.64 Å². The van der Waals surface area contributed by atoms with Crippen LogP contribution in [0.4, 0.5) is 0 Å². The van der Waals surface area contributed by atoms with Crippen molar-refractivity contribution in [3.05, 3.63) is 35.9 Å². The fourth-order valence-electron chi connectivity index (χ4n) is 2.13. The van der Waals surface area contributed by atoms with Crippen molar-refractivity contribution in [2.45, 2.75) is 25.5 Å². The molecule has 1 aliphatic rings. The predicted octanol–water partition coefficient (Wildman–Crippen LogP) is 2.24. The molecule has 1 aromatic carbocycles. The molecule has 1 saturated heterocycles. The highest BCUT2D eigenvalue weighted by Crippen LogP contribution is 2.15. The van der Waals surface area contributed by atoms with Crippen LogP contribution in [0.3, 0.4) is 0 Å². The van der Waals surface area contributed by atoms with E-state index in [1.165, 1.54) is 0 Å². The second-order valence-electron chi connectivity index (χ2n) is 4.67. The summed E-state index contributed by atoms with van der Waals surface area (Å²) >= 11 is 3.41. The molecule has 1 heterocycles. The first-order valence-corrected chi connectivity index (χ1v) is 7.34. The largest absolute Gasteiger partial charge is 0.373 e. The first-order chi connectivity index (χ1) is 8.70. The SMILES string of the molecule is CC1COC(CBr)CN1C(=O)Cc1ccccc1. The molecule has 0 aromatic heterocycles. The zero-order valence-electron chi connectivity index (χ0n) is 10.5. The van der Waals surface area contributed by atoms with Crippen LogP contribution in [0.25, 0.3) is 0 Å². The third kappa shape index (κ3) is 3.33. The van der Waals surface area contributed by atoms with Crippen molar-refractivity contribution in [3.8, 4) is 0 Å². The van der Waals surface area contributed by atoms with E-state index in [2.05, 4.69) is 15.9 Å². The minimum Gasteiger partial charge on any atom is -0.373 e. The molecule has 0 N–H and O–H groups in total. The highest BCUT2D eigenvalue weighted by Gasteiger charge is 2.28. The van der Waals surface area contributed by atoms with Crippen molar-refractivity contribution in [2.24, 2.45) is 0 Å². The maximum atomic E-state index is 12.3. The number of hydrogen-bond acceptors (Lipinski definition) is 2. The van der Waals surface area contributed by atoms with Gasteiger partial charge in [-0.05, 0) is 12.5 Å². The summed E-state index contributed by atoms with van der Waals surface area (Å²) in [4.78, 5) is 14.2. The lowest BCUT2D eigenvalue weighted by Crippen LogP contribution is -2.52. The van der Waals surface area contributed by atoms with Crippen LogP contribution in [0.2, 0.25) is 0 Å². The average Bonchev–Trinajstić information content (AvgIpc) is 2.40. The van der Waals surface area contributed by atoms with Gasteiger partial charge in [-0.1, -0.05) is 46.3 Å². The third-order valence-corrected chi connectivity index (χ3v) is 3.92. The monoisotopic (exact) mass is 311 g/mol. The summed E-state index contributed by atoms with van der Waals surface area (Å²) in [5.41, 5.74) is 1.07. The summed E-state index contributed by atoms with van der Waals surface area (Å²) < 4.78 is 5.63. The second kappa shape index (κ2) is 6.34. The van der Waals surface area contributed by atoms with E-state index in [4.69, 9.17) is 4.74 Å². The van der Waals surface area contributed by atoms with Gasteiger partial charge in [-0.3, -0.25) is 4.79 Å². The minimum absolute atomic E-state index is 0.112. The Morgan fingerprint density at radius 1 is 1.44 bits per heavy atom. The van der Waals surface area contributed by atoms with Gasteiger partial charge in [0.05, 0.1) is 25.2 Å². The Hall–Kier alpha value is -0.870. The number of alkyl halides is 1. The van der Waals surface area contributed by atoms with Crippen LogP contribution >= 0.6 is 15.9 Å². The van der Waals surface area contributed by atoms with Gasteiger partial charge in [0.2, 0.25) is 5.91 Å². The zero-order valence-corrected chi connectivity index (χ0v) is 12.1. The Bertz CT molecular complexity index is 396. The minimum atomic E-state index is 0.112. The van der Waals surface area contributed by atoms with Gasteiger partial charge in [-0.15, -0.1) is 0 Å². The van der Waals surface area contributed by atoms with E-state index in [1.807, 2.05) is 42.2 Å². The van der Waals surface area contributed by atoms with E-state index in [0.29, 0.717) is 19.6 Å². The molecular weight excluding hydrogens is 294 g/mol. The van der Waals surface area contributed by atoms with Crippen molar-refractivity contribution in [1.29, 1.82) is 0 Å². The summed E-state index contributed by atoms with van der Waals surface area (Å²) in [6.07, 6.45) is 0.584. The van der Waals surface area contributed by atoms with E-state index in [1.54, 1.807) is 0 Å². The molecule has 2 atom stereocenters. The highest BCUT2D eigenvalue weighted by molar-refractivity contribution is 9.09. The molecule has 18 heavy (non-hydrogen) atoms. The number of halogens is 1. The molecule has 1 fully saturated rings. The van der Waals surface area contributed by atoms with Gasteiger partial charge in [0.25, 0.3) is 0 Å². The molecular formula is C14H18BrNO2. The molecule has 2 unspecified atom stereocenters. The molecule has 1 aromatic rings. The normalized spacial score (nSPS) is 24.0. The number of rotatable bonds is 3. The molecule has 1 amide bonds. The lowest BCUT2D eigenvalue weighted by atomic mass is 10.1. The quantitative estimate of drug-likeness (QED) is 0.801. The number of carbonyl (C=O) groups excluding carboxylic acids is 1. The molecule has 0 radical (unpaired) electrons. The van der Waals surface area contributed by atoms with E-state index in [9.17, 15) is 4.79 Å². The van der Waals surface area contributed by atoms with Crippen LogP contribution < -0.4 is 0 Å². The number of carbonyl (C=O) groups is 1. The van der Waals surface area contributed by atoms with Crippen LogP contribution in [0.15, 0.2) is 30.3 Å². The van der Waals surface area contributed by atoms with Crippen LogP contribution in [-0.4, -0.2) is 41.4 Å². The Balaban J connectivity index is 1.99. The number of morpholine rings is 1. The number of amides is 1. The van der Waals surface area contributed by atoms with Crippen molar-refractivity contribution >= 4 is 21.8 Å². The predicted molar refractivity (Wildman–Crippen MR) is 74.9 cm³/mol. The molecule has 0 spiro atoms. The van der Waals surface area contributed by atoms with Gasteiger partial charge in [-0.2, -0.15) is 0 Å². The maximum Gasteiger partial charge on any atom is 0.227 e. The average molecular weight is 312 g/mol. The van der Waals surface area contributed by atoms with Crippen molar-refractivity contribution in [3.63, 3.8) is 0 Å². The summed E-state index contributed by atoms with van der Waals surface area (Å²) in [6, 6.07) is 10.0. The van der Waals surface area contributed by atoms with Crippen molar-refractivity contribution < 1.29 is 9.53 Å². The van der Waals surface area contributed by atoms with Crippen LogP contribution in [0.1, 0.15) is 12.5 Å². The lowest BCUT2D eigenvalue weighted by Gasteiger charge is -2.37. The van der Waals surface area contributed by atoms with Crippen LogP contribution in [0, 0.1) is 0 Å². The molecule has 0 aliphatic carbocycles. The summed E-state index contributed by atoms with van der Waals surface area (Å²) in [5, 5.41) is 0.773. The van der Waals surface area contributed by atoms with Crippen LogP contribution in [0.5, 0.6) is 0 Å². The van der Waals surface area contributed by atoms with Crippen LogP contribution in [-0.2, 0) is 16.0 Å². The number of hydrogen-bond donors (Lipinski definition) is 0. The third-order valence-electron chi connectivity index (χ3n) is 3.20. The zero-order chi connectivity index (χ0) is 13.0. The lowest BCUT2D eigenvalue weighted by molar-refractivity contribution is -0.142. The first-order valence-electron chi connectivity index (χ1n) is 6.21. The molecule has 0 saturated carbocycles. The van der Waals surface area contributed by atoms with Gasteiger partial charge in [0.15, 0.2) is 0 Å². The first kappa shape index (κ1) is 13.6. The van der Waals surface area contributed by atoms with Gasteiger partial charge in [0, 0.05) is 11.9 Å². The standard InChI is InChI=1S/C14H18BrNO2/c1-11-10-18-13(8-15)9-16(11)14(17)7-12-5-3-2-4-6-12/h2-6,11,13H,7-10H2,1H3. The van der Waals surface area contributed by atoms with E-state index >= 15 is 0 Å². The second-order valence-corrected chi connectivity index (χ2v) is 5.31. The van der Waals surface area contributed by atoms with Crippen molar-refractivity contribution in [2.75, 3.05) is 18.5 Å². The summed E-state index contributed by atoms with van der Waals surface area (Å²) in [6.45, 7) is 3.34. The van der Waals surface area contributed by atoms with Gasteiger partial charge in [0.1, 0.15) is 0 Å². The molecule has 98 valence electrons. The maximum absolute atomic E-state index is 12.3. The van der Waals surface area contributed by atoms with E-state index in [0.717, 1.165) is 10.9 Å². The Morgan fingerprint density at radius 3 is 2.83 bits per heavy atom. The summed E-state index contributed by atoms with van der Waals surface area (Å²) in [5.74, 6) is 0.183. The number of nitrogens with zero attached hydrogens (tertiary/aromatic N) is 1. The Morgan fingerprint density at radius 2 is 2.17 bits per heavy atom. The van der Waals surface area contributed by atoms with E-state index < -0.39 is 0 Å². The van der Waals surface area contributed by atoms with Gasteiger partial charge in [-0.25, -0.2) is 0 Å².